The van der Waals surface area contributed by atoms with E-state index >= 15 is 0 Å². The molecule has 0 saturated heterocycles. The molecule has 1 aliphatic rings. The van der Waals surface area contributed by atoms with Crippen LogP contribution in [-0.2, 0) is 11.3 Å². The molecule has 1 aliphatic carbocycles. The van der Waals surface area contributed by atoms with Gasteiger partial charge in [-0.1, -0.05) is 47.6 Å². The summed E-state index contributed by atoms with van der Waals surface area (Å²) >= 11 is 16.8. The Morgan fingerprint density at radius 3 is 2.57 bits per heavy atom. The summed E-state index contributed by atoms with van der Waals surface area (Å²) in [5.74, 6) is -0.354. The highest BCUT2D eigenvalue weighted by Crippen LogP contribution is 2.34. The summed E-state index contributed by atoms with van der Waals surface area (Å²) in [6.45, 7) is 0.633. The van der Waals surface area contributed by atoms with Gasteiger partial charge in [0.05, 0.1) is 7.11 Å². The van der Waals surface area contributed by atoms with E-state index in [2.05, 4.69) is 0 Å². The van der Waals surface area contributed by atoms with Crippen molar-refractivity contribution in [2.24, 2.45) is 5.92 Å². The lowest BCUT2D eigenvalue weighted by molar-refractivity contribution is 0.0588. The topological polar surface area (TPSA) is 48.3 Å². The summed E-state index contributed by atoms with van der Waals surface area (Å²) in [5, 5.41) is 0. The highest BCUT2D eigenvalue weighted by atomic mass is 35.6. The van der Waals surface area contributed by atoms with Crippen molar-refractivity contribution >= 4 is 46.6 Å². The van der Waals surface area contributed by atoms with Crippen molar-refractivity contribution in [1.82, 2.24) is 4.57 Å². The van der Waals surface area contributed by atoms with Gasteiger partial charge in [0.25, 0.3) is 3.79 Å². The van der Waals surface area contributed by atoms with E-state index in [9.17, 15) is 9.59 Å². The second-order valence-corrected chi connectivity index (χ2v) is 7.49. The minimum absolute atomic E-state index is 0.196. The van der Waals surface area contributed by atoms with Crippen LogP contribution >= 0.6 is 34.8 Å². The van der Waals surface area contributed by atoms with E-state index in [1.165, 1.54) is 26.0 Å². The molecule has 0 aliphatic heterocycles. The minimum Gasteiger partial charge on any atom is -0.464 e. The fraction of sp³-hybridized carbons (Fsp3) is 0.571. The zero-order valence-electron chi connectivity index (χ0n) is 11.6. The first-order valence-electron chi connectivity index (χ1n) is 6.73. The Balaban J connectivity index is 2.17. The molecule has 7 heteroatoms. The Morgan fingerprint density at radius 2 is 2.05 bits per heavy atom. The molecular weight excluding hydrogens is 337 g/mol. The van der Waals surface area contributed by atoms with E-state index < -0.39 is 15.5 Å². The molecule has 21 heavy (non-hydrogen) atoms. The van der Waals surface area contributed by atoms with Gasteiger partial charge in [-0.3, -0.25) is 4.79 Å². The van der Waals surface area contributed by atoms with E-state index in [4.69, 9.17) is 39.5 Å². The molecule has 0 N–H and O–H groups in total. The molecule has 0 amide bonds. The molecule has 1 fully saturated rings. The first-order chi connectivity index (χ1) is 9.82. The Morgan fingerprint density at radius 1 is 1.38 bits per heavy atom. The third-order valence-corrected chi connectivity index (χ3v) is 4.03. The summed E-state index contributed by atoms with van der Waals surface area (Å²) in [6, 6.07) is 1.41. The van der Waals surface area contributed by atoms with Crippen molar-refractivity contribution in [2.75, 3.05) is 7.11 Å². The number of nitrogens with zero attached hydrogens (tertiary/aromatic N) is 1. The number of alkyl halides is 3. The van der Waals surface area contributed by atoms with Crippen molar-refractivity contribution in [3.63, 3.8) is 0 Å². The highest BCUT2D eigenvalue weighted by Gasteiger charge is 2.33. The molecule has 1 saturated carbocycles. The SMILES string of the molecule is COC(=O)c1cc(C(=O)C(Cl)(Cl)Cl)cn1CCCC1CC1. The van der Waals surface area contributed by atoms with E-state index in [0.29, 0.717) is 12.2 Å². The lowest BCUT2D eigenvalue weighted by Gasteiger charge is -2.07. The number of esters is 1. The van der Waals surface area contributed by atoms with Crippen molar-refractivity contribution in [2.45, 2.75) is 36.0 Å². The summed E-state index contributed by atoms with van der Waals surface area (Å²) in [4.78, 5) is 23.7. The minimum atomic E-state index is -2.03. The smallest absolute Gasteiger partial charge is 0.354 e. The summed E-state index contributed by atoms with van der Waals surface area (Å²) < 4.78 is 4.38. The molecule has 1 heterocycles. The van der Waals surface area contributed by atoms with Gasteiger partial charge in [0.2, 0.25) is 5.78 Å². The average molecular weight is 353 g/mol. The molecule has 1 aromatic heterocycles. The van der Waals surface area contributed by atoms with Gasteiger partial charge >= 0.3 is 5.97 Å². The molecule has 116 valence electrons. The molecule has 1 aromatic rings. The third-order valence-electron chi connectivity index (χ3n) is 3.52. The number of carbonyl (C=O) groups excluding carboxylic acids is 2. The van der Waals surface area contributed by atoms with Crippen LogP contribution in [0.25, 0.3) is 0 Å². The number of rotatable bonds is 6. The van der Waals surface area contributed by atoms with Gasteiger partial charge in [-0.25, -0.2) is 4.79 Å². The molecule has 4 nitrogen and oxygen atoms in total. The number of ether oxygens (including phenoxy) is 1. The van der Waals surface area contributed by atoms with Gasteiger partial charge in [-0.05, 0) is 24.8 Å². The first-order valence-corrected chi connectivity index (χ1v) is 7.86. The average Bonchev–Trinajstić information content (AvgIpc) is 3.14. The number of halogens is 3. The van der Waals surface area contributed by atoms with E-state index in [1.54, 1.807) is 10.8 Å². The molecule has 2 rings (SSSR count). The summed E-state index contributed by atoms with van der Waals surface area (Å²) in [7, 11) is 1.29. The number of methoxy groups -OCH3 is 1. The molecule has 0 atom stereocenters. The van der Waals surface area contributed by atoms with Crippen LogP contribution in [-0.4, -0.2) is 27.2 Å². The van der Waals surface area contributed by atoms with Gasteiger partial charge in [0.1, 0.15) is 5.69 Å². The fourth-order valence-electron chi connectivity index (χ4n) is 2.22. The first kappa shape index (κ1) is 16.7. The van der Waals surface area contributed by atoms with Crippen LogP contribution in [0, 0.1) is 5.92 Å². The largest absolute Gasteiger partial charge is 0.464 e. The van der Waals surface area contributed by atoms with Crippen molar-refractivity contribution in [3.05, 3.63) is 23.5 Å². The normalized spacial score (nSPS) is 15.0. The molecule has 0 unspecified atom stereocenters. The number of aromatic nitrogens is 1. The van der Waals surface area contributed by atoms with Crippen LogP contribution in [0.4, 0.5) is 0 Å². The number of aryl methyl sites for hydroxylation is 1. The standard InChI is InChI=1S/C14H16Cl3NO3/c1-21-13(20)11-7-10(12(19)14(15,16)17)8-18(11)6-2-3-9-4-5-9/h7-9H,2-6H2,1H3. The maximum absolute atomic E-state index is 12.0. The van der Waals surface area contributed by atoms with Crippen LogP contribution in [0.1, 0.15) is 46.5 Å². The van der Waals surface area contributed by atoms with Crippen LogP contribution < -0.4 is 0 Å². The van der Waals surface area contributed by atoms with Crippen molar-refractivity contribution in [1.29, 1.82) is 0 Å². The lowest BCUT2D eigenvalue weighted by atomic mass is 10.2. The lowest BCUT2D eigenvalue weighted by Crippen LogP contribution is -2.18. The molecule has 0 aromatic carbocycles. The number of Topliss-reactive ketones (excluding diaryl/α,β-unsaturated/α-hetero) is 1. The Bertz CT molecular complexity index is 544. The Kier molecular flexibility index (Phi) is 5.23. The quantitative estimate of drug-likeness (QED) is 0.441. The second-order valence-electron chi connectivity index (χ2n) is 5.21. The highest BCUT2D eigenvalue weighted by molar-refractivity contribution is 6.77. The van der Waals surface area contributed by atoms with Gasteiger partial charge in [0, 0.05) is 18.3 Å². The number of hydrogen-bond donors (Lipinski definition) is 0. The van der Waals surface area contributed by atoms with Crippen LogP contribution in [0.3, 0.4) is 0 Å². The van der Waals surface area contributed by atoms with Crippen LogP contribution in [0.5, 0.6) is 0 Å². The van der Waals surface area contributed by atoms with Crippen LogP contribution in [0.15, 0.2) is 12.3 Å². The number of ketones is 1. The second kappa shape index (κ2) is 6.59. The van der Waals surface area contributed by atoms with Gasteiger partial charge in [-0.2, -0.15) is 0 Å². The van der Waals surface area contributed by atoms with Crippen molar-refractivity contribution < 1.29 is 14.3 Å². The zero-order chi connectivity index (χ0) is 15.6. The summed E-state index contributed by atoms with van der Waals surface area (Å²) in [6.07, 6.45) is 6.17. The van der Waals surface area contributed by atoms with E-state index in [-0.39, 0.29) is 5.56 Å². The zero-order valence-corrected chi connectivity index (χ0v) is 13.8. The Labute approximate surface area is 138 Å². The van der Waals surface area contributed by atoms with E-state index in [1.807, 2.05) is 0 Å². The van der Waals surface area contributed by atoms with Gasteiger partial charge < -0.3 is 9.30 Å². The monoisotopic (exact) mass is 351 g/mol. The van der Waals surface area contributed by atoms with Gasteiger partial charge in [-0.15, -0.1) is 0 Å². The number of hydrogen-bond acceptors (Lipinski definition) is 3. The molecular formula is C14H16Cl3NO3. The third kappa shape index (κ3) is 4.38. The Hall–Kier alpha value is -0.710. The molecule has 0 spiro atoms. The molecule has 0 bridgehead atoms. The maximum Gasteiger partial charge on any atom is 0.354 e. The predicted octanol–water partition coefficient (Wildman–Crippen LogP) is 4.02. The molecule has 0 radical (unpaired) electrons. The van der Waals surface area contributed by atoms with Gasteiger partial charge in [0.15, 0.2) is 0 Å². The van der Waals surface area contributed by atoms with Crippen molar-refractivity contribution in [3.8, 4) is 0 Å². The fourth-order valence-corrected chi connectivity index (χ4v) is 2.54. The van der Waals surface area contributed by atoms with Crippen LogP contribution in [0.2, 0.25) is 0 Å². The van der Waals surface area contributed by atoms with E-state index in [0.717, 1.165) is 18.8 Å². The number of carbonyl (C=O) groups is 2. The maximum atomic E-state index is 12.0. The summed E-state index contributed by atoms with van der Waals surface area (Å²) in [5.41, 5.74) is 0.493. The predicted molar refractivity (Wildman–Crippen MR) is 82.4 cm³/mol.